The van der Waals surface area contributed by atoms with E-state index in [2.05, 4.69) is 27.1 Å². The molecule has 1 aliphatic heterocycles. The molecular weight excluding hydrogens is 328 g/mol. The molecule has 6 nitrogen and oxygen atoms in total. The van der Waals surface area contributed by atoms with Crippen LogP contribution in [0.5, 0.6) is 0 Å². The summed E-state index contributed by atoms with van der Waals surface area (Å²) in [6.07, 6.45) is 4.90. The van der Waals surface area contributed by atoms with Gasteiger partial charge in [0.05, 0.1) is 18.9 Å². The lowest BCUT2D eigenvalue weighted by Crippen LogP contribution is -2.36. The highest BCUT2D eigenvalue weighted by molar-refractivity contribution is 5.94. The molecule has 2 aromatic rings. The molecule has 0 saturated carbocycles. The van der Waals surface area contributed by atoms with Crippen molar-refractivity contribution < 1.29 is 9.53 Å². The maximum atomic E-state index is 12.2. The summed E-state index contributed by atoms with van der Waals surface area (Å²) < 4.78 is 5.39. The van der Waals surface area contributed by atoms with Gasteiger partial charge in [-0.05, 0) is 18.6 Å². The molecule has 0 unspecified atom stereocenters. The molecule has 6 heteroatoms. The van der Waals surface area contributed by atoms with Crippen LogP contribution in [0.2, 0.25) is 0 Å². The van der Waals surface area contributed by atoms with Crippen molar-refractivity contribution in [1.29, 1.82) is 0 Å². The van der Waals surface area contributed by atoms with Gasteiger partial charge < -0.3 is 15.0 Å². The maximum absolute atomic E-state index is 12.2. The summed E-state index contributed by atoms with van der Waals surface area (Å²) in [6.45, 7) is 6.01. The number of benzene rings is 1. The average Bonchev–Trinajstić information content (AvgIpc) is 2.72. The Morgan fingerprint density at radius 1 is 1.15 bits per heavy atom. The molecular formula is C20H26N4O2. The van der Waals surface area contributed by atoms with Crippen molar-refractivity contribution in [3.63, 3.8) is 0 Å². The number of hydrogen-bond donors (Lipinski definition) is 1. The molecule has 1 amide bonds. The highest BCUT2D eigenvalue weighted by Crippen LogP contribution is 2.21. The van der Waals surface area contributed by atoms with Crippen molar-refractivity contribution in [2.24, 2.45) is 0 Å². The predicted molar refractivity (Wildman–Crippen MR) is 102 cm³/mol. The molecule has 26 heavy (non-hydrogen) atoms. The Balaban J connectivity index is 1.65. The number of rotatable bonds is 7. The Morgan fingerprint density at radius 2 is 1.92 bits per heavy atom. The third kappa shape index (κ3) is 4.79. The lowest BCUT2D eigenvalue weighted by molar-refractivity contribution is 0.0953. The minimum Gasteiger partial charge on any atom is -0.378 e. The summed E-state index contributed by atoms with van der Waals surface area (Å²) in [6, 6.07) is 9.56. The van der Waals surface area contributed by atoms with Crippen LogP contribution in [0.3, 0.4) is 0 Å². The van der Waals surface area contributed by atoms with Gasteiger partial charge >= 0.3 is 0 Å². The second kappa shape index (κ2) is 9.29. The van der Waals surface area contributed by atoms with Crippen LogP contribution in [0.15, 0.2) is 36.7 Å². The number of ether oxygens (including phenoxy) is 1. The van der Waals surface area contributed by atoms with Crippen molar-refractivity contribution in [1.82, 2.24) is 15.3 Å². The first kappa shape index (κ1) is 18.3. The summed E-state index contributed by atoms with van der Waals surface area (Å²) in [7, 11) is 0. The number of unbranched alkanes of at least 4 members (excludes halogenated alkanes) is 2. The van der Waals surface area contributed by atoms with E-state index in [4.69, 9.17) is 4.74 Å². The summed E-state index contributed by atoms with van der Waals surface area (Å²) in [5, 5.41) is 2.96. The minimum absolute atomic E-state index is 0.0238. The number of amides is 1. The summed E-state index contributed by atoms with van der Waals surface area (Å²) >= 11 is 0. The molecule has 1 aromatic carbocycles. The largest absolute Gasteiger partial charge is 0.378 e. The van der Waals surface area contributed by atoms with E-state index < -0.39 is 0 Å². The van der Waals surface area contributed by atoms with Gasteiger partial charge in [-0.25, -0.2) is 9.97 Å². The molecule has 1 N–H and O–H groups in total. The third-order valence-electron chi connectivity index (χ3n) is 4.50. The number of carbonyl (C=O) groups is 1. The fraction of sp³-hybridized carbons (Fsp3) is 0.450. The molecule has 0 atom stereocenters. The molecule has 1 fully saturated rings. The van der Waals surface area contributed by atoms with Gasteiger partial charge in [0.25, 0.3) is 5.91 Å². The molecule has 0 radical (unpaired) electrons. The minimum atomic E-state index is -0.0238. The van der Waals surface area contributed by atoms with E-state index in [1.165, 1.54) is 0 Å². The summed E-state index contributed by atoms with van der Waals surface area (Å²) in [5.41, 5.74) is 2.51. The number of morpholine rings is 1. The molecule has 1 saturated heterocycles. The van der Waals surface area contributed by atoms with E-state index in [-0.39, 0.29) is 5.91 Å². The lowest BCUT2D eigenvalue weighted by Gasteiger charge is -2.27. The van der Waals surface area contributed by atoms with E-state index in [9.17, 15) is 4.79 Å². The van der Waals surface area contributed by atoms with Crippen LogP contribution in [-0.4, -0.2) is 48.7 Å². The van der Waals surface area contributed by atoms with Crippen molar-refractivity contribution in [3.8, 4) is 11.3 Å². The van der Waals surface area contributed by atoms with E-state index in [1.807, 2.05) is 30.3 Å². The van der Waals surface area contributed by atoms with E-state index in [0.29, 0.717) is 5.56 Å². The van der Waals surface area contributed by atoms with Crippen LogP contribution >= 0.6 is 0 Å². The topological polar surface area (TPSA) is 67.4 Å². The molecule has 0 bridgehead atoms. The van der Waals surface area contributed by atoms with Gasteiger partial charge in [0.15, 0.2) is 0 Å². The lowest BCUT2D eigenvalue weighted by atomic mass is 10.1. The molecule has 0 spiro atoms. The van der Waals surface area contributed by atoms with Gasteiger partial charge in [0.1, 0.15) is 12.1 Å². The Kier molecular flexibility index (Phi) is 6.55. The van der Waals surface area contributed by atoms with Crippen LogP contribution in [-0.2, 0) is 4.74 Å². The van der Waals surface area contributed by atoms with Gasteiger partial charge in [0.2, 0.25) is 0 Å². The number of carbonyl (C=O) groups excluding carboxylic acids is 1. The maximum Gasteiger partial charge on any atom is 0.251 e. The number of anilines is 1. The number of nitrogens with one attached hydrogen (secondary N) is 1. The summed E-state index contributed by atoms with van der Waals surface area (Å²) in [4.78, 5) is 23.1. The molecule has 1 aliphatic rings. The number of nitrogens with zero attached hydrogens (tertiary/aromatic N) is 3. The third-order valence-corrected chi connectivity index (χ3v) is 4.50. The number of hydrogen-bond acceptors (Lipinski definition) is 5. The van der Waals surface area contributed by atoms with Crippen LogP contribution in [0, 0.1) is 0 Å². The fourth-order valence-electron chi connectivity index (χ4n) is 2.94. The van der Waals surface area contributed by atoms with Crippen LogP contribution in [0.1, 0.15) is 36.5 Å². The van der Waals surface area contributed by atoms with Crippen LogP contribution in [0.25, 0.3) is 11.3 Å². The molecule has 0 aliphatic carbocycles. The van der Waals surface area contributed by atoms with Crippen molar-refractivity contribution in [2.45, 2.75) is 26.2 Å². The standard InChI is InChI=1S/C20H26N4O2/c1-2-3-4-9-21-20(25)17-7-5-16(6-8-17)18-14-19(23-15-22-18)24-10-12-26-13-11-24/h5-8,14-15H,2-4,9-13H2,1H3,(H,21,25). The van der Waals surface area contributed by atoms with Crippen molar-refractivity contribution in [3.05, 3.63) is 42.2 Å². The molecule has 2 heterocycles. The average molecular weight is 354 g/mol. The van der Waals surface area contributed by atoms with Crippen molar-refractivity contribution >= 4 is 11.7 Å². The highest BCUT2D eigenvalue weighted by Gasteiger charge is 2.13. The first-order valence-electron chi connectivity index (χ1n) is 9.31. The van der Waals surface area contributed by atoms with E-state index in [1.54, 1.807) is 6.33 Å². The Bertz CT molecular complexity index is 712. The Labute approximate surface area is 154 Å². The van der Waals surface area contributed by atoms with E-state index in [0.717, 1.165) is 69.2 Å². The van der Waals surface area contributed by atoms with E-state index >= 15 is 0 Å². The molecule has 1 aromatic heterocycles. The predicted octanol–water partition coefficient (Wildman–Crippen LogP) is 2.90. The second-order valence-corrected chi connectivity index (χ2v) is 6.40. The van der Waals surface area contributed by atoms with Gasteiger partial charge in [-0.2, -0.15) is 0 Å². The van der Waals surface area contributed by atoms with Crippen molar-refractivity contribution in [2.75, 3.05) is 37.7 Å². The Morgan fingerprint density at radius 3 is 2.65 bits per heavy atom. The molecule has 138 valence electrons. The molecule has 3 rings (SSSR count). The highest BCUT2D eigenvalue weighted by atomic mass is 16.5. The van der Waals surface area contributed by atoms with Crippen LogP contribution in [0.4, 0.5) is 5.82 Å². The zero-order valence-electron chi connectivity index (χ0n) is 15.3. The van der Waals surface area contributed by atoms with Gasteiger partial charge in [0, 0.05) is 36.8 Å². The normalized spacial score (nSPS) is 14.3. The monoisotopic (exact) mass is 354 g/mol. The summed E-state index contributed by atoms with van der Waals surface area (Å²) in [5.74, 6) is 0.889. The quantitative estimate of drug-likeness (QED) is 0.775. The fourth-order valence-corrected chi connectivity index (χ4v) is 2.94. The SMILES string of the molecule is CCCCCNC(=O)c1ccc(-c2cc(N3CCOCC3)ncn2)cc1. The first-order chi connectivity index (χ1) is 12.8. The first-order valence-corrected chi connectivity index (χ1v) is 9.31. The second-order valence-electron chi connectivity index (χ2n) is 6.40. The Hall–Kier alpha value is -2.47. The van der Waals surface area contributed by atoms with Gasteiger partial charge in [-0.3, -0.25) is 4.79 Å². The smallest absolute Gasteiger partial charge is 0.251 e. The van der Waals surface area contributed by atoms with Gasteiger partial charge in [-0.1, -0.05) is 31.9 Å². The number of aromatic nitrogens is 2. The van der Waals surface area contributed by atoms with Gasteiger partial charge in [-0.15, -0.1) is 0 Å². The zero-order valence-corrected chi connectivity index (χ0v) is 15.3. The van der Waals surface area contributed by atoms with Crippen LogP contribution < -0.4 is 10.2 Å². The zero-order chi connectivity index (χ0) is 18.2.